The molecule has 142 valence electrons. The van der Waals surface area contributed by atoms with Gasteiger partial charge in [0.05, 0.1) is 19.9 Å². The van der Waals surface area contributed by atoms with Crippen LogP contribution in [0.1, 0.15) is 12.0 Å². The van der Waals surface area contributed by atoms with Crippen LogP contribution in [0.15, 0.2) is 36.4 Å². The van der Waals surface area contributed by atoms with Crippen LogP contribution in [0.3, 0.4) is 0 Å². The fourth-order valence-corrected chi connectivity index (χ4v) is 2.56. The molecule has 3 rings (SSSR count). The largest absolute Gasteiger partial charge is 0.497 e. The van der Waals surface area contributed by atoms with Gasteiger partial charge in [0.2, 0.25) is 18.6 Å². The van der Waals surface area contributed by atoms with Gasteiger partial charge in [0.1, 0.15) is 17.9 Å². The molecule has 2 aromatic carbocycles. The highest BCUT2D eigenvalue weighted by atomic mass is 16.7. The molecule has 0 fully saturated rings. The van der Waals surface area contributed by atoms with Crippen molar-refractivity contribution in [3.05, 3.63) is 42.0 Å². The van der Waals surface area contributed by atoms with Gasteiger partial charge < -0.3 is 29.6 Å². The van der Waals surface area contributed by atoms with Crippen LogP contribution in [0, 0.1) is 0 Å². The summed E-state index contributed by atoms with van der Waals surface area (Å²) in [6.07, 6.45) is -0.306. The average Bonchev–Trinajstić information content (AvgIpc) is 3.14. The summed E-state index contributed by atoms with van der Waals surface area (Å²) in [5.41, 5.74) is 1.32. The fraction of sp³-hybridized carbons (Fsp3) is 0.263. The smallest absolute Gasteiger partial charge is 0.233 e. The van der Waals surface area contributed by atoms with Gasteiger partial charge >= 0.3 is 0 Å². The summed E-state index contributed by atoms with van der Waals surface area (Å²) < 4.78 is 20.9. The minimum atomic E-state index is -0.443. The molecule has 2 aromatic rings. The lowest BCUT2D eigenvalue weighted by atomic mass is 10.2. The van der Waals surface area contributed by atoms with E-state index in [-0.39, 0.29) is 19.8 Å². The molecule has 0 aliphatic carbocycles. The summed E-state index contributed by atoms with van der Waals surface area (Å²) in [5.74, 6) is 1.54. The predicted octanol–water partition coefficient (Wildman–Crippen LogP) is 2.08. The first-order valence-corrected chi connectivity index (χ1v) is 8.26. The topological polar surface area (TPSA) is 95.1 Å². The molecule has 0 saturated carbocycles. The Balaban J connectivity index is 1.51. The maximum Gasteiger partial charge on any atom is 0.233 e. The lowest BCUT2D eigenvalue weighted by Gasteiger charge is -2.11. The second kappa shape index (κ2) is 8.31. The number of ether oxygens (including phenoxy) is 4. The van der Waals surface area contributed by atoms with Crippen molar-refractivity contribution < 1.29 is 28.5 Å². The zero-order chi connectivity index (χ0) is 19.2. The number of anilines is 1. The summed E-state index contributed by atoms with van der Waals surface area (Å²) in [6, 6.07) is 10.4. The molecule has 1 heterocycles. The molecule has 0 aromatic heterocycles. The van der Waals surface area contributed by atoms with E-state index in [9.17, 15) is 9.59 Å². The SMILES string of the molecule is COc1ccc(NC(=O)CC(=O)NCc2ccc3c(c2)OCO3)c(OC)c1. The first-order valence-electron chi connectivity index (χ1n) is 8.26. The molecule has 0 unspecified atom stereocenters. The first kappa shape index (κ1) is 18.4. The van der Waals surface area contributed by atoms with E-state index in [0.29, 0.717) is 28.7 Å². The van der Waals surface area contributed by atoms with Crippen LogP contribution >= 0.6 is 0 Å². The van der Waals surface area contributed by atoms with Crippen LogP contribution in [-0.4, -0.2) is 32.8 Å². The zero-order valence-corrected chi connectivity index (χ0v) is 15.0. The maximum absolute atomic E-state index is 12.1. The average molecular weight is 372 g/mol. The first-order chi connectivity index (χ1) is 13.1. The quantitative estimate of drug-likeness (QED) is 0.723. The molecule has 27 heavy (non-hydrogen) atoms. The molecule has 0 atom stereocenters. The number of amides is 2. The Labute approximate surface area is 156 Å². The number of nitrogens with one attached hydrogen (secondary N) is 2. The fourth-order valence-electron chi connectivity index (χ4n) is 2.56. The number of hydrogen-bond donors (Lipinski definition) is 2. The second-order valence-electron chi connectivity index (χ2n) is 5.76. The third-order valence-electron chi connectivity index (χ3n) is 3.93. The van der Waals surface area contributed by atoms with Gasteiger partial charge in [-0.05, 0) is 29.8 Å². The van der Waals surface area contributed by atoms with E-state index >= 15 is 0 Å². The molecule has 8 nitrogen and oxygen atoms in total. The normalized spacial score (nSPS) is 11.6. The molecular formula is C19H20N2O6. The highest BCUT2D eigenvalue weighted by molar-refractivity contribution is 6.04. The molecule has 2 amide bonds. The van der Waals surface area contributed by atoms with Crippen molar-refractivity contribution >= 4 is 17.5 Å². The van der Waals surface area contributed by atoms with E-state index in [1.807, 2.05) is 6.07 Å². The molecule has 0 radical (unpaired) electrons. The van der Waals surface area contributed by atoms with E-state index in [4.69, 9.17) is 18.9 Å². The lowest BCUT2D eigenvalue weighted by Crippen LogP contribution is -2.27. The third kappa shape index (κ3) is 4.60. The van der Waals surface area contributed by atoms with Gasteiger partial charge in [0, 0.05) is 12.6 Å². The minimum Gasteiger partial charge on any atom is -0.497 e. The van der Waals surface area contributed by atoms with Crippen molar-refractivity contribution in [3.63, 3.8) is 0 Å². The van der Waals surface area contributed by atoms with Crippen molar-refractivity contribution in [1.82, 2.24) is 5.32 Å². The number of rotatable bonds is 7. The number of carbonyl (C=O) groups is 2. The highest BCUT2D eigenvalue weighted by Gasteiger charge is 2.15. The Bertz CT molecular complexity index is 852. The Kier molecular flexibility index (Phi) is 5.65. The van der Waals surface area contributed by atoms with Crippen molar-refractivity contribution in [2.45, 2.75) is 13.0 Å². The number of carbonyl (C=O) groups excluding carboxylic acids is 2. The van der Waals surface area contributed by atoms with E-state index in [0.717, 1.165) is 5.56 Å². The number of methoxy groups -OCH3 is 2. The monoisotopic (exact) mass is 372 g/mol. The number of hydrogen-bond acceptors (Lipinski definition) is 6. The van der Waals surface area contributed by atoms with Crippen LogP contribution in [0.2, 0.25) is 0 Å². The van der Waals surface area contributed by atoms with Gasteiger partial charge in [0.25, 0.3) is 0 Å². The van der Waals surface area contributed by atoms with Crippen LogP contribution < -0.4 is 29.6 Å². The van der Waals surface area contributed by atoms with Gasteiger partial charge in [0.15, 0.2) is 11.5 Å². The molecular weight excluding hydrogens is 352 g/mol. The van der Waals surface area contributed by atoms with Crippen molar-refractivity contribution in [2.75, 3.05) is 26.3 Å². The molecule has 2 N–H and O–H groups in total. The Hall–Kier alpha value is -3.42. The van der Waals surface area contributed by atoms with Crippen molar-refractivity contribution in [3.8, 4) is 23.0 Å². The number of fused-ring (bicyclic) bond motifs is 1. The Morgan fingerprint density at radius 3 is 2.59 bits per heavy atom. The highest BCUT2D eigenvalue weighted by Crippen LogP contribution is 2.32. The van der Waals surface area contributed by atoms with Gasteiger partial charge in [-0.25, -0.2) is 0 Å². The van der Waals surface area contributed by atoms with Crippen LogP contribution in [0.4, 0.5) is 5.69 Å². The zero-order valence-electron chi connectivity index (χ0n) is 15.0. The Morgan fingerprint density at radius 1 is 1.00 bits per heavy atom. The van der Waals surface area contributed by atoms with Crippen molar-refractivity contribution in [1.29, 1.82) is 0 Å². The lowest BCUT2D eigenvalue weighted by molar-refractivity contribution is -0.126. The summed E-state index contributed by atoms with van der Waals surface area (Å²) >= 11 is 0. The molecule has 0 spiro atoms. The summed E-state index contributed by atoms with van der Waals surface area (Å²) in [6.45, 7) is 0.481. The molecule has 0 bridgehead atoms. The minimum absolute atomic E-state index is 0.195. The molecule has 1 aliphatic heterocycles. The third-order valence-corrected chi connectivity index (χ3v) is 3.93. The van der Waals surface area contributed by atoms with E-state index in [1.165, 1.54) is 14.2 Å². The Morgan fingerprint density at radius 2 is 1.81 bits per heavy atom. The summed E-state index contributed by atoms with van der Waals surface area (Å²) in [7, 11) is 3.03. The van der Waals surface area contributed by atoms with Crippen LogP contribution in [0.5, 0.6) is 23.0 Å². The predicted molar refractivity (Wildman–Crippen MR) is 97.2 cm³/mol. The second-order valence-corrected chi connectivity index (χ2v) is 5.76. The van der Waals surface area contributed by atoms with Gasteiger partial charge in [-0.15, -0.1) is 0 Å². The van der Waals surface area contributed by atoms with E-state index in [2.05, 4.69) is 10.6 Å². The molecule has 8 heteroatoms. The molecule has 1 aliphatic rings. The molecule has 0 saturated heterocycles. The standard InChI is InChI=1S/C19H20N2O6/c1-24-13-4-5-14(16(8-13)25-2)21-19(23)9-18(22)20-10-12-3-6-15-17(7-12)27-11-26-15/h3-8H,9-11H2,1-2H3,(H,20,22)(H,21,23). The number of benzene rings is 2. The maximum atomic E-state index is 12.1. The van der Waals surface area contributed by atoms with Crippen LogP contribution in [0.25, 0.3) is 0 Å². The van der Waals surface area contributed by atoms with Crippen LogP contribution in [-0.2, 0) is 16.1 Å². The summed E-state index contributed by atoms with van der Waals surface area (Å²) in [4.78, 5) is 24.1. The van der Waals surface area contributed by atoms with E-state index < -0.39 is 11.8 Å². The van der Waals surface area contributed by atoms with Gasteiger partial charge in [-0.2, -0.15) is 0 Å². The van der Waals surface area contributed by atoms with Gasteiger partial charge in [-0.3, -0.25) is 9.59 Å². The summed E-state index contributed by atoms with van der Waals surface area (Å²) in [5, 5.41) is 5.37. The van der Waals surface area contributed by atoms with E-state index in [1.54, 1.807) is 30.3 Å². The van der Waals surface area contributed by atoms with Crippen molar-refractivity contribution in [2.24, 2.45) is 0 Å². The van der Waals surface area contributed by atoms with Gasteiger partial charge in [-0.1, -0.05) is 6.07 Å².